The number of esters is 1. The number of amides is 2. The van der Waals surface area contributed by atoms with Gasteiger partial charge in [0.25, 0.3) is 11.1 Å². The summed E-state index contributed by atoms with van der Waals surface area (Å²) in [5.74, 6) is -0.844. The molecule has 2 aromatic rings. The molecule has 3 N–H and O–H groups in total. The van der Waals surface area contributed by atoms with E-state index in [9.17, 15) is 18.8 Å². The van der Waals surface area contributed by atoms with E-state index in [1.165, 1.54) is 19.2 Å². The third-order valence-electron chi connectivity index (χ3n) is 4.02. The minimum absolute atomic E-state index is 0.0102. The van der Waals surface area contributed by atoms with E-state index in [0.717, 1.165) is 11.8 Å². The van der Waals surface area contributed by atoms with Gasteiger partial charge in [0, 0.05) is 12.5 Å². The van der Waals surface area contributed by atoms with Crippen molar-refractivity contribution in [1.82, 2.24) is 5.32 Å². The predicted molar refractivity (Wildman–Crippen MR) is 106 cm³/mol. The molecule has 0 aliphatic carbocycles. The highest BCUT2D eigenvalue weighted by Gasteiger charge is 2.24. The lowest BCUT2D eigenvalue weighted by Gasteiger charge is -2.11. The molecule has 1 saturated heterocycles. The Hall–Kier alpha value is -3.17. The minimum Gasteiger partial charge on any atom is -0.468 e. The van der Waals surface area contributed by atoms with Gasteiger partial charge in [-0.2, -0.15) is 0 Å². The quantitative estimate of drug-likeness (QED) is 0.551. The maximum absolute atomic E-state index is 14.3. The first-order valence-corrected chi connectivity index (χ1v) is 9.32. The number of carbonyl (C=O) groups is 3. The zero-order valence-electron chi connectivity index (χ0n) is 15.3. The van der Waals surface area contributed by atoms with E-state index in [-0.39, 0.29) is 17.7 Å². The van der Waals surface area contributed by atoms with Crippen LogP contribution in [0.1, 0.15) is 11.1 Å². The standard InChI is InChI=1S/C20H17FN2O5S/c1-27-19(25)16(22)9-12-4-7-14(10-15(12)21)28-13-5-2-11(3-6-13)8-17-18(24)23-20(26)29-17/h2-8,10,16H,9,22H2,1H3,(H,23,24,26)/b17-8-. The predicted octanol–water partition coefficient (Wildman–Crippen LogP) is 2.98. The second kappa shape index (κ2) is 8.89. The van der Waals surface area contributed by atoms with Gasteiger partial charge in [0.15, 0.2) is 0 Å². The second-order valence-corrected chi connectivity index (χ2v) is 7.13. The van der Waals surface area contributed by atoms with Crippen LogP contribution in [0.15, 0.2) is 47.4 Å². The van der Waals surface area contributed by atoms with Crippen molar-refractivity contribution in [3.8, 4) is 11.5 Å². The van der Waals surface area contributed by atoms with Crippen molar-refractivity contribution in [3.63, 3.8) is 0 Å². The van der Waals surface area contributed by atoms with Crippen LogP contribution in [0.2, 0.25) is 0 Å². The summed E-state index contributed by atoms with van der Waals surface area (Å²) in [7, 11) is 1.22. The molecular formula is C20H17FN2O5S. The van der Waals surface area contributed by atoms with E-state index < -0.39 is 29.0 Å². The number of hydrogen-bond donors (Lipinski definition) is 2. The van der Waals surface area contributed by atoms with Gasteiger partial charge < -0.3 is 15.2 Å². The summed E-state index contributed by atoms with van der Waals surface area (Å²) in [5, 5.41) is 1.78. The van der Waals surface area contributed by atoms with Crippen molar-refractivity contribution >= 4 is 35.0 Å². The maximum Gasteiger partial charge on any atom is 0.322 e. The average Bonchev–Trinajstić information content (AvgIpc) is 3.01. The van der Waals surface area contributed by atoms with Gasteiger partial charge >= 0.3 is 5.97 Å². The normalized spacial score (nSPS) is 15.9. The Balaban J connectivity index is 1.66. The maximum atomic E-state index is 14.3. The van der Waals surface area contributed by atoms with Crippen molar-refractivity contribution in [2.24, 2.45) is 5.73 Å². The number of imide groups is 1. The number of carbonyl (C=O) groups excluding carboxylic acids is 3. The number of rotatable bonds is 6. The zero-order valence-corrected chi connectivity index (χ0v) is 16.1. The fourth-order valence-electron chi connectivity index (χ4n) is 2.57. The molecular weight excluding hydrogens is 399 g/mol. The molecule has 0 bridgehead atoms. The molecule has 3 rings (SSSR count). The summed E-state index contributed by atoms with van der Waals surface area (Å²) in [6, 6.07) is 10.1. The van der Waals surface area contributed by atoms with Gasteiger partial charge in [0.2, 0.25) is 0 Å². The van der Waals surface area contributed by atoms with Crippen LogP contribution in [0.25, 0.3) is 6.08 Å². The van der Waals surface area contributed by atoms with E-state index in [4.69, 9.17) is 10.5 Å². The number of benzene rings is 2. The average molecular weight is 416 g/mol. The number of hydrogen-bond acceptors (Lipinski definition) is 7. The molecule has 1 atom stereocenters. The number of halogens is 1. The second-order valence-electron chi connectivity index (χ2n) is 6.11. The summed E-state index contributed by atoms with van der Waals surface area (Å²) in [5.41, 5.74) is 6.64. The summed E-state index contributed by atoms with van der Waals surface area (Å²) >= 11 is 0.836. The number of methoxy groups -OCH3 is 1. The van der Waals surface area contributed by atoms with Crippen molar-refractivity contribution in [2.75, 3.05) is 7.11 Å². The van der Waals surface area contributed by atoms with Crippen molar-refractivity contribution in [1.29, 1.82) is 0 Å². The Bertz CT molecular complexity index is 991. The molecule has 9 heteroatoms. The Morgan fingerprint density at radius 1 is 1.21 bits per heavy atom. The molecule has 1 heterocycles. The molecule has 0 radical (unpaired) electrons. The zero-order chi connectivity index (χ0) is 21.0. The molecule has 0 saturated carbocycles. The summed E-state index contributed by atoms with van der Waals surface area (Å²) < 4.78 is 24.4. The summed E-state index contributed by atoms with van der Waals surface area (Å²) in [6.45, 7) is 0. The van der Waals surface area contributed by atoms with Gasteiger partial charge in [0.05, 0.1) is 12.0 Å². The first-order chi connectivity index (χ1) is 13.9. The topological polar surface area (TPSA) is 108 Å². The van der Waals surface area contributed by atoms with E-state index >= 15 is 0 Å². The Kier molecular flexibility index (Phi) is 6.30. The van der Waals surface area contributed by atoms with Gasteiger partial charge in [-0.05, 0) is 47.2 Å². The van der Waals surface area contributed by atoms with Crippen LogP contribution in [-0.2, 0) is 20.7 Å². The van der Waals surface area contributed by atoms with Gasteiger partial charge in [-0.25, -0.2) is 4.39 Å². The van der Waals surface area contributed by atoms with Crippen LogP contribution in [-0.4, -0.2) is 30.3 Å². The third kappa shape index (κ3) is 5.21. The lowest BCUT2D eigenvalue weighted by molar-refractivity contribution is -0.142. The van der Waals surface area contributed by atoms with Crippen molar-refractivity contribution in [3.05, 3.63) is 64.3 Å². The highest BCUT2D eigenvalue weighted by molar-refractivity contribution is 8.18. The summed E-state index contributed by atoms with van der Waals surface area (Å²) in [6.07, 6.45) is 1.60. The van der Waals surface area contributed by atoms with Crippen molar-refractivity contribution in [2.45, 2.75) is 12.5 Å². The molecule has 29 heavy (non-hydrogen) atoms. The first kappa shape index (κ1) is 20.6. The monoisotopic (exact) mass is 416 g/mol. The van der Waals surface area contributed by atoms with E-state index in [1.54, 1.807) is 36.4 Å². The molecule has 1 unspecified atom stereocenters. The lowest BCUT2D eigenvalue weighted by atomic mass is 10.1. The van der Waals surface area contributed by atoms with Crippen LogP contribution in [0.3, 0.4) is 0 Å². The number of nitrogens with one attached hydrogen (secondary N) is 1. The van der Waals surface area contributed by atoms with Crippen LogP contribution in [0.4, 0.5) is 9.18 Å². The smallest absolute Gasteiger partial charge is 0.322 e. The van der Waals surface area contributed by atoms with Crippen LogP contribution in [0, 0.1) is 5.82 Å². The van der Waals surface area contributed by atoms with Gasteiger partial charge in [-0.1, -0.05) is 18.2 Å². The van der Waals surface area contributed by atoms with Gasteiger partial charge in [-0.3, -0.25) is 19.7 Å². The lowest BCUT2D eigenvalue weighted by Crippen LogP contribution is -2.33. The Labute approximate surface area is 170 Å². The SMILES string of the molecule is COC(=O)C(N)Cc1ccc(Oc2ccc(/C=C3\SC(=O)NC3=O)cc2)cc1F. The van der Waals surface area contributed by atoms with E-state index in [2.05, 4.69) is 10.1 Å². The minimum atomic E-state index is -0.946. The Morgan fingerprint density at radius 2 is 1.90 bits per heavy atom. The number of ether oxygens (including phenoxy) is 2. The van der Waals surface area contributed by atoms with E-state index in [0.29, 0.717) is 16.2 Å². The van der Waals surface area contributed by atoms with Gasteiger partial charge in [0.1, 0.15) is 23.4 Å². The highest BCUT2D eigenvalue weighted by atomic mass is 32.2. The third-order valence-corrected chi connectivity index (χ3v) is 4.83. The van der Waals surface area contributed by atoms with E-state index in [1.807, 2.05) is 0 Å². The van der Waals surface area contributed by atoms with Crippen LogP contribution >= 0.6 is 11.8 Å². The van der Waals surface area contributed by atoms with Crippen LogP contribution in [0.5, 0.6) is 11.5 Å². The fourth-order valence-corrected chi connectivity index (χ4v) is 3.25. The molecule has 1 aliphatic rings. The first-order valence-electron chi connectivity index (χ1n) is 8.50. The molecule has 2 aromatic carbocycles. The fraction of sp³-hybridized carbons (Fsp3) is 0.150. The molecule has 1 aliphatic heterocycles. The molecule has 2 amide bonds. The summed E-state index contributed by atoms with van der Waals surface area (Å²) in [4.78, 5) is 34.4. The largest absolute Gasteiger partial charge is 0.468 e. The molecule has 0 aromatic heterocycles. The highest BCUT2D eigenvalue weighted by Crippen LogP contribution is 2.28. The van der Waals surface area contributed by atoms with Crippen molar-refractivity contribution < 1.29 is 28.2 Å². The number of thioether (sulfide) groups is 1. The molecule has 150 valence electrons. The molecule has 1 fully saturated rings. The van der Waals surface area contributed by atoms with Crippen LogP contribution < -0.4 is 15.8 Å². The Morgan fingerprint density at radius 3 is 2.48 bits per heavy atom. The molecule has 0 spiro atoms. The molecule has 7 nitrogen and oxygen atoms in total. The van der Waals surface area contributed by atoms with Gasteiger partial charge in [-0.15, -0.1) is 0 Å². The number of nitrogens with two attached hydrogens (primary N) is 1.